The molecule has 0 amide bonds. The normalized spacial score (nSPS) is 15.7. The summed E-state index contributed by atoms with van der Waals surface area (Å²) in [7, 11) is 3.55. The fraction of sp³-hybridized carbons (Fsp3) is 0.450. The first kappa shape index (κ1) is 22.5. The molecule has 2 aromatic heterocycles. The van der Waals surface area contributed by atoms with Gasteiger partial charge >= 0.3 is 5.69 Å². The summed E-state index contributed by atoms with van der Waals surface area (Å²) in [6, 6.07) is 5.54. The number of benzene rings is 1. The number of ether oxygens (including phenoxy) is 1. The molecule has 1 aliphatic heterocycles. The van der Waals surface area contributed by atoms with Gasteiger partial charge in [0, 0.05) is 45.4 Å². The Morgan fingerprint density at radius 1 is 1.18 bits per heavy atom. The SMILES string of the molecule is CN1CCN(c2nc3c(c(=O)[nH]c(=O)n3C)n2C[C@@H](O)COc2ccc([N+](=O)[O-])cc2)CC1. The number of rotatable bonds is 7. The number of anilines is 1. The predicted molar refractivity (Wildman–Crippen MR) is 120 cm³/mol. The number of likely N-dealkylation sites (N-methyl/N-ethyl adjacent to an activating group) is 1. The number of nitrogens with zero attached hydrogens (tertiary/aromatic N) is 6. The molecule has 1 atom stereocenters. The number of hydrogen-bond donors (Lipinski definition) is 2. The number of piperazine rings is 1. The molecule has 13 nitrogen and oxygen atoms in total. The van der Waals surface area contributed by atoms with Crippen molar-refractivity contribution in [2.24, 2.45) is 7.05 Å². The van der Waals surface area contributed by atoms with Gasteiger partial charge in [-0.2, -0.15) is 4.98 Å². The van der Waals surface area contributed by atoms with Crippen LogP contribution < -0.4 is 20.9 Å². The molecule has 3 heterocycles. The number of nitro groups is 1. The summed E-state index contributed by atoms with van der Waals surface area (Å²) < 4.78 is 8.45. The number of aliphatic hydroxyl groups is 1. The quantitative estimate of drug-likeness (QED) is 0.353. The summed E-state index contributed by atoms with van der Waals surface area (Å²) in [5.74, 6) is 0.869. The van der Waals surface area contributed by atoms with Crippen molar-refractivity contribution in [1.82, 2.24) is 24.0 Å². The first-order valence-electron chi connectivity index (χ1n) is 10.4. The largest absolute Gasteiger partial charge is 0.491 e. The van der Waals surface area contributed by atoms with Gasteiger partial charge in [-0.15, -0.1) is 0 Å². The summed E-state index contributed by atoms with van der Waals surface area (Å²) in [6.07, 6.45) is -1.01. The summed E-state index contributed by atoms with van der Waals surface area (Å²) in [5, 5.41) is 21.5. The van der Waals surface area contributed by atoms with Crippen molar-refractivity contribution < 1.29 is 14.8 Å². The van der Waals surface area contributed by atoms with Crippen molar-refractivity contribution in [3.63, 3.8) is 0 Å². The first-order valence-corrected chi connectivity index (χ1v) is 10.4. The Bertz CT molecular complexity index is 1270. The third-order valence-electron chi connectivity index (χ3n) is 5.66. The molecule has 0 aliphatic carbocycles. The highest BCUT2D eigenvalue weighted by Gasteiger charge is 2.25. The Hall–Kier alpha value is -3.71. The molecule has 1 fully saturated rings. The second kappa shape index (κ2) is 9.03. The minimum Gasteiger partial charge on any atom is -0.491 e. The molecule has 33 heavy (non-hydrogen) atoms. The van der Waals surface area contributed by atoms with Gasteiger partial charge in [-0.1, -0.05) is 0 Å². The lowest BCUT2D eigenvalue weighted by molar-refractivity contribution is -0.384. The van der Waals surface area contributed by atoms with Crippen LogP contribution in [0, 0.1) is 10.1 Å². The van der Waals surface area contributed by atoms with Crippen LogP contribution in [0.2, 0.25) is 0 Å². The molecular formula is C20H25N7O6. The standard InChI is InChI=1S/C20H25N7O6/c1-23-7-9-25(10-8-23)19-21-17-16(18(29)22-20(30)24(17)2)26(19)11-14(28)12-33-15-5-3-13(4-6-15)27(31)32/h3-6,14,28H,7-12H2,1-2H3,(H,22,29,30)/t14-/m1/s1. The molecule has 1 saturated heterocycles. The number of imidazole rings is 1. The van der Waals surface area contributed by atoms with Crippen LogP contribution in [0.15, 0.2) is 33.9 Å². The maximum Gasteiger partial charge on any atom is 0.329 e. The molecule has 0 saturated carbocycles. The van der Waals surface area contributed by atoms with E-state index >= 15 is 0 Å². The van der Waals surface area contributed by atoms with Gasteiger partial charge in [0.25, 0.3) is 11.2 Å². The molecule has 4 rings (SSSR count). The number of aromatic nitrogens is 4. The highest BCUT2D eigenvalue weighted by atomic mass is 16.6. The third kappa shape index (κ3) is 4.59. The van der Waals surface area contributed by atoms with Crippen molar-refractivity contribution in [1.29, 1.82) is 0 Å². The van der Waals surface area contributed by atoms with Gasteiger partial charge in [0.2, 0.25) is 5.95 Å². The van der Waals surface area contributed by atoms with E-state index in [0.29, 0.717) is 24.8 Å². The Labute approximate surface area is 187 Å². The molecule has 0 spiro atoms. The smallest absolute Gasteiger partial charge is 0.329 e. The van der Waals surface area contributed by atoms with Gasteiger partial charge in [0.1, 0.15) is 18.5 Å². The molecule has 3 aromatic rings. The van der Waals surface area contributed by atoms with Gasteiger partial charge in [-0.05, 0) is 19.2 Å². The van der Waals surface area contributed by atoms with E-state index in [9.17, 15) is 24.8 Å². The molecule has 0 unspecified atom stereocenters. The lowest BCUT2D eigenvalue weighted by Gasteiger charge is -2.33. The summed E-state index contributed by atoms with van der Waals surface area (Å²) >= 11 is 0. The van der Waals surface area contributed by atoms with Crippen molar-refractivity contribution in [3.8, 4) is 5.75 Å². The highest BCUT2D eigenvalue weighted by molar-refractivity contribution is 5.74. The molecule has 2 N–H and O–H groups in total. The number of hydrogen-bond acceptors (Lipinski definition) is 9. The average molecular weight is 459 g/mol. The molecule has 1 aromatic carbocycles. The lowest BCUT2D eigenvalue weighted by Crippen LogP contribution is -2.45. The first-order chi connectivity index (χ1) is 15.7. The van der Waals surface area contributed by atoms with Crippen LogP contribution in [-0.4, -0.2) is 80.0 Å². The van der Waals surface area contributed by atoms with Gasteiger partial charge in [-0.3, -0.25) is 24.5 Å². The third-order valence-corrected chi connectivity index (χ3v) is 5.66. The number of nitro benzene ring substituents is 1. The highest BCUT2D eigenvalue weighted by Crippen LogP contribution is 2.22. The Balaban J connectivity index is 1.60. The molecule has 13 heteroatoms. The van der Waals surface area contributed by atoms with E-state index in [-0.39, 0.29) is 30.0 Å². The van der Waals surface area contributed by atoms with E-state index in [4.69, 9.17) is 4.74 Å². The van der Waals surface area contributed by atoms with E-state index in [1.54, 1.807) is 4.57 Å². The average Bonchev–Trinajstić information content (AvgIpc) is 3.16. The minimum atomic E-state index is -1.01. The minimum absolute atomic E-state index is 0.00639. The number of non-ortho nitro benzene ring substituents is 1. The predicted octanol–water partition coefficient (Wildman–Crippen LogP) is -0.477. The second-order valence-corrected chi connectivity index (χ2v) is 8.02. The molecule has 1 aliphatic rings. The number of nitrogens with one attached hydrogen (secondary N) is 1. The van der Waals surface area contributed by atoms with Gasteiger partial charge in [0.05, 0.1) is 11.5 Å². The molecule has 176 valence electrons. The fourth-order valence-corrected chi connectivity index (χ4v) is 3.76. The monoisotopic (exact) mass is 459 g/mol. The van der Waals surface area contributed by atoms with Crippen molar-refractivity contribution >= 4 is 22.8 Å². The van der Waals surface area contributed by atoms with Crippen LogP contribution in [0.5, 0.6) is 5.75 Å². The van der Waals surface area contributed by atoms with Crippen LogP contribution in [0.4, 0.5) is 11.6 Å². The molecular weight excluding hydrogens is 434 g/mol. The summed E-state index contributed by atoms with van der Waals surface area (Å²) in [5.41, 5.74) is -0.774. The van der Waals surface area contributed by atoms with E-state index < -0.39 is 22.3 Å². The number of H-pyrrole nitrogens is 1. The van der Waals surface area contributed by atoms with Crippen LogP contribution >= 0.6 is 0 Å². The van der Waals surface area contributed by atoms with E-state index in [0.717, 1.165) is 13.1 Å². The Morgan fingerprint density at radius 2 is 1.85 bits per heavy atom. The Morgan fingerprint density at radius 3 is 2.48 bits per heavy atom. The van der Waals surface area contributed by atoms with E-state index in [1.165, 1.54) is 35.9 Å². The lowest BCUT2D eigenvalue weighted by atomic mass is 10.3. The zero-order valence-electron chi connectivity index (χ0n) is 18.3. The van der Waals surface area contributed by atoms with E-state index in [2.05, 4.69) is 14.9 Å². The Kier molecular flexibility index (Phi) is 6.16. The van der Waals surface area contributed by atoms with Gasteiger partial charge in [-0.25, -0.2) is 4.79 Å². The van der Waals surface area contributed by atoms with Crippen LogP contribution in [0.3, 0.4) is 0 Å². The zero-order chi connectivity index (χ0) is 23.7. The number of aliphatic hydroxyl groups excluding tert-OH is 1. The topological polar surface area (TPSA) is 152 Å². The van der Waals surface area contributed by atoms with Crippen LogP contribution in [0.1, 0.15) is 0 Å². The maximum absolute atomic E-state index is 12.6. The fourth-order valence-electron chi connectivity index (χ4n) is 3.76. The number of fused-ring (bicyclic) bond motifs is 1. The summed E-state index contributed by atoms with van der Waals surface area (Å²) in [4.78, 5) is 46.0. The molecule has 0 bridgehead atoms. The maximum atomic E-state index is 12.6. The van der Waals surface area contributed by atoms with Crippen molar-refractivity contribution in [2.45, 2.75) is 12.6 Å². The van der Waals surface area contributed by atoms with E-state index in [1.807, 2.05) is 11.9 Å². The zero-order valence-corrected chi connectivity index (χ0v) is 18.3. The number of aromatic amines is 1. The van der Waals surface area contributed by atoms with Crippen LogP contribution in [-0.2, 0) is 13.6 Å². The van der Waals surface area contributed by atoms with Gasteiger partial charge < -0.3 is 24.2 Å². The van der Waals surface area contributed by atoms with Gasteiger partial charge in [0.15, 0.2) is 11.2 Å². The van der Waals surface area contributed by atoms with Crippen molar-refractivity contribution in [3.05, 3.63) is 55.2 Å². The molecule has 0 radical (unpaired) electrons. The summed E-state index contributed by atoms with van der Waals surface area (Å²) in [6.45, 7) is 2.88. The number of aryl methyl sites for hydroxylation is 1. The van der Waals surface area contributed by atoms with Crippen molar-refractivity contribution in [2.75, 3.05) is 44.7 Å². The second-order valence-electron chi connectivity index (χ2n) is 8.02. The van der Waals surface area contributed by atoms with Crippen LogP contribution in [0.25, 0.3) is 11.2 Å².